The van der Waals surface area contributed by atoms with E-state index in [1.54, 1.807) is 23.9 Å². The SMILES string of the molecule is CC[C@H](C)n1nccc1NC(=O)[C@H](C)OC(=O)Cc1ccc(-c2ccccc2)cc1. The maximum atomic E-state index is 12.4. The van der Waals surface area contributed by atoms with E-state index < -0.39 is 12.1 Å². The molecule has 3 aromatic rings. The Hall–Kier alpha value is -3.41. The molecule has 0 fully saturated rings. The van der Waals surface area contributed by atoms with Crippen LogP contribution in [0.1, 0.15) is 38.8 Å². The van der Waals surface area contributed by atoms with Gasteiger partial charge in [0.1, 0.15) is 5.82 Å². The Balaban J connectivity index is 1.54. The first-order valence-corrected chi connectivity index (χ1v) is 10.2. The molecule has 0 bridgehead atoms. The first kappa shape index (κ1) is 21.3. The molecule has 1 aromatic heterocycles. The van der Waals surface area contributed by atoms with Crippen molar-refractivity contribution in [2.75, 3.05) is 5.32 Å². The number of esters is 1. The molecule has 0 saturated carbocycles. The number of rotatable bonds is 8. The normalized spacial score (nSPS) is 12.8. The molecule has 0 aliphatic carbocycles. The van der Waals surface area contributed by atoms with Crippen LogP contribution in [0, 0.1) is 0 Å². The van der Waals surface area contributed by atoms with E-state index in [2.05, 4.69) is 17.3 Å². The number of nitrogens with zero attached hydrogens (tertiary/aromatic N) is 2. The Bertz CT molecular complexity index is 980. The summed E-state index contributed by atoms with van der Waals surface area (Å²) in [5.74, 6) is -0.234. The number of carbonyl (C=O) groups excluding carboxylic acids is 2. The maximum Gasteiger partial charge on any atom is 0.311 e. The predicted molar refractivity (Wildman–Crippen MR) is 117 cm³/mol. The van der Waals surface area contributed by atoms with Gasteiger partial charge in [0.05, 0.1) is 18.7 Å². The van der Waals surface area contributed by atoms with Gasteiger partial charge in [-0.1, -0.05) is 61.5 Å². The average Bonchev–Trinajstić information content (AvgIpc) is 3.22. The first-order valence-electron chi connectivity index (χ1n) is 10.2. The molecule has 6 nitrogen and oxygen atoms in total. The molecule has 1 amide bonds. The van der Waals surface area contributed by atoms with Crippen LogP contribution in [-0.2, 0) is 20.7 Å². The Labute approximate surface area is 176 Å². The number of hydrogen-bond acceptors (Lipinski definition) is 4. The topological polar surface area (TPSA) is 73.2 Å². The summed E-state index contributed by atoms with van der Waals surface area (Å²) >= 11 is 0. The Morgan fingerprint density at radius 1 is 1.00 bits per heavy atom. The molecule has 1 N–H and O–H groups in total. The van der Waals surface area contributed by atoms with Gasteiger partial charge < -0.3 is 10.1 Å². The molecule has 0 saturated heterocycles. The van der Waals surface area contributed by atoms with Crippen LogP contribution in [0.15, 0.2) is 66.9 Å². The molecule has 0 radical (unpaired) electrons. The lowest BCUT2D eigenvalue weighted by Crippen LogP contribution is -2.31. The molecule has 3 rings (SSSR count). The van der Waals surface area contributed by atoms with Gasteiger partial charge in [0.15, 0.2) is 6.10 Å². The van der Waals surface area contributed by atoms with E-state index in [0.717, 1.165) is 23.1 Å². The third kappa shape index (κ3) is 5.35. The van der Waals surface area contributed by atoms with E-state index >= 15 is 0 Å². The van der Waals surface area contributed by atoms with Crippen molar-refractivity contribution in [1.82, 2.24) is 9.78 Å². The summed E-state index contributed by atoms with van der Waals surface area (Å²) in [6.07, 6.45) is 1.73. The van der Waals surface area contributed by atoms with E-state index in [4.69, 9.17) is 4.74 Å². The number of benzene rings is 2. The van der Waals surface area contributed by atoms with Crippen LogP contribution < -0.4 is 5.32 Å². The van der Waals surface area contributed by atoms with Crippen LogP contribution in [0.5, 0.6) is 0 Å². The van der Waals surface area contributed by atoms with Crippen LogP contribution in [0.2, 0.25) is 0 Å². The largest absolute Gasteiger partial charge is 0.452 e. The summed E-state index contributed by atoms with van der Waals surface area (Å²) in [6, 6.07) is 19.7. The van der Waals surface area contributed by atoms with Crippen molar-refractivity contribution in [2.45, 2.75) is 45.8 Å². The lowest BCUT2D eigenvalue weighted by molar-refractivity contribution is -0.152. The van der Waals surface area contributed by atoms with Gasteiger partial charge in [-0.05, 0) is 37.0 Å². The highest BCUT2D eigenvalue weighted by molar-refractivity contribution is 5.94. The highest BCUT2D eigenvalue weighted by Gasteiger charge is 2.20. The third-order valence-electron chi connectivity index (χ3n) is 5.02. The number of anilines is 1. The molecule has 6 heteroatoms. The zero-order valence-electron chi connectivity index (χ0n) is 17.5. The zero-order chi connectivity index (χ0) is 21.5. The first-order chi connectivity index (χ1) is 14.5. The minimum Gasteiger partial charge on any atom is -0.452 e. The van der Waals surface area contributed by atoms with Crippen LogP contribution in [0.3, 0.4) is 0 Å². The average molecular weight is 405 g/mol. The Kier molecular flexibility index (Phi) is 7.01. The molecule has 2 aromatic carbocycles. The molecule has 2 atom stereocenters. The van der Waals surface area contributed by atoms with Crippen LogP contribution in [0.4, 0.5) is 5.82 Å². The van der Waals surface area contributed by atoms with E-state index in [1.165, 1.54) is 0 Å². The molecule has 1 heterocycles. The second-order valence-electron chi connectivity index (χ2n) is 7.28. The van der Waals surface area contributed by atoms with Crippen LogP contribution in [-0.4, -0.2) is 27.8 Å². The highest BCUT2D eigenvalue weighted by atomic mass is 16.5. The molecule has 0 aliphatic rings. The standard InChI is InChI=1S/C24H27N3O3/c1-4-17(2)27-22(14-15-25-27)26-24(29)18(3)30-23(28)16-19-10-12-21(13-11-19)20-8-6-5-7-9-20/h5-15,17-18H,4,16H2,1-3H3,(H,26,29)/t17-,18-/m0/s1. The minimum absolute atomic E-state index is 0.109. The number of amides is 1. The summed E-state index contributed by atoms with van der Waals surface area (Å²) in [4.78, 5) is 24.7. The summed E-state index contributed by atoms with van der Waals surface area (Å²) in [7, 11) is 0. The highest BCUT2D eigenvalue weighted by Crippen LogP contribution is 2.20. The second-order valence-corrected chi connectivity index (χ2v) is 7.28. The van der Waals surface area contributed by atoms with Gasteiger partial charge in [-0.15, -0.1) is 0 Å². The predicted octanol–water partition coefficient (Wildman–Crippen LogP) is 4.63. The van der Waals surface area contributed by atoms with Gasteiger partial charge in [0, 0.05) is 6.07 Å². The van der Waals surface area contributed by atoms with Gasteiger partial charge in [-0.2, -0.15) is 5.10 Å². The number of nitrogens with one attached hydrogen (secondary N) is 1. The third-order valence-corrected chi connectivity index (χ3v) is 5.02. The fraction of sp³-hybridized carbons (Fsp3) is 0.292. The molecular weight excluding hydrogens is 378 g/mol. The molecule has 156 valence electrons. The van der Waals surface area contributed by atoms with Gasteiger partial charge in [0.2, 0.25) is 0 Å². The van der Waals surface area contributed by atoms with E-state index in [-0.39, 0.29) is 18.4 Å². The van der Waals surface area contributed by atoms with E-state index in [1.807, 2.05) is 61.5 Å². The lowest BCUT2D eigenvalue weighted by atomic mass is 10.0. The summed E-state index contributed by atoms with van der Waals surface area (Å²) < 4.78 is 7.08. The Morgan fingerprint density at radius 3 is 2.33 bits per heavy atom. The lowest BCUT2D eigenvalue weighted by Gasteiger charge is -2.17. The summed E-state index contributed by atoms with van der Waals surface area (Å²) in [5, 5.41) is 7.02. The van der Waals surface area contributed by atoms with Gasteiger partial charge in [0.25, 0.3) is 5.91 Å². The van der Waals surface area contributed by atoms with Crippen molar-refractivity contribution < 1.29 is 14.3 Å². The number of carbonyl (C=O) groups is 2. The number of aromatic nitrogens is 2. The summed E-state index contributed by atoms with van der Waals surface area (Å²) in [5.41, 5.74) is 3.04. The van der Waals surface area contributed by atoms with Crippen molar-refractivity contribution in [1.29, 1.82) is 0 Å². The fourth-order valence-corrected chi connectivity index (χ4v) is 3.07. The van der Waals surface area contributed by atoms with E-state index in [0.29, 0.717) is 5.82 Å². The maximum absolute atomic E-state index is 12.4. The molecule has 0 unspecified atom stereocenters. The second kappa shape index (κ2) is 9.87. The van der Waals surface area contributed by atoms with Crippen molar-refractivity contribution in [3.63, 3.8) is 0 Å². The van der Waals surface area contributed by atoms with Crippen LogP contribution >= 0.6 is 0 Å². The summed E-state index contributed by atoms with van der Waals surface area (Å²) in [6.45, 7) is 5.64. The zero-order valence-corrected chi connectivity index (χ0v) is 17.5. The molecule has 0 aliphatic heterocycles. The van der Waals surface area contributed by atoms with Gasteiger partial charge in [-0.25, -0.2) is 4.68 Å². The van der Waals surface area contributed by atoms with E-state index in [9.17, 15) is 9.59 Å². The molecular formula is C24H27N3O3. The van der Waals surface area contributed by atoms with Crippen molar-refractivity contribution in [3.05, 3.63) is 72.4 Å². The fourth-order valence-electron chi connectivity index (χ4n) is 3.07. The van der Waals surface area contributed by atoms with Crippen molar-refractivity contribution >= 4 is 17.7 Å². The molecule has 0 spiro atoms. The van der Waals surface area contributed by atoms with Crippen LogP contribution in [0.25, 0.3) is 11.1 Å². The van der Waals surface area contributed by atoms with Crippen molar-refractivity contribution in [3.8, 4) is 11.1 Å². The van der Waals surface area contributed by atoms with Gasteiger partial charge >= 0.3 is 5.97 Å². The Morgan fingerprint density at radius 2 is 1.67 bits per heavy atom. The van der Waals surface area contributed by atoms with Crippen molar-refractivity contribution in [2.24, 2.45) is 0 Å². The smallest absolute Gasteiger partial charge is 0.311 e. The number of ether oxygens (including phenoxy) is 1. The number of hydrogen-bond donors (Lipinski definition) is 1. The monoisotopic (exact) mass is 405 g/mol. The minimum atomic E-state index is -0.902. The molecule has 30 heavy (non-hydrogen) atoms. The quantitative estimate of drug-likeness (QED) is 0.555. The van der Waals surface area contributed by atoms with Gasteiger partial charge in [-0.3, -0.25) is 9.59 Å².